The molecule has 8 nitrogen and oxygen atoms in total. The summed E-state index contributed by atoms with van der Waals surface area (Å²) in [6.45, 7) is 5.69. The summed E-state index contributed by atoms with van der Waals surface area (Å²) in [7, 11) is 0. The van der Waals surface area contributed by atoms with Crippen molar-refractivity contribution in [1.82, 2.24) is 20.4 Å². The first kappa shape index (κ1) is 22.8. The van der Waals surface area contributed by atoms with Gasteiger partial charge in [-0.15, -0.1) is 10.2 Å². The van der Waals surface area contributed by atoms with Crippen molar-refractivity contribution < 1.29 is 18.8 Å². The second kappa shape index (κ2) is 10.4. The van der Waals surface area contributed by atoms with Gasteiger partial charge in [0.2, 0.25) is 15.9 Å². The van der Waals surface area contributed by atoms with Gasteiger partial charge >= 0.3 is 0 Å². The number of nitrogens with zero attached hydrogens (tertiary/aromatic N) is 3. The molecule has 0 saturated carbocycles. The van der Waals surface area contributed by atoms with Crippen LogP contribution in [-0.4, -0.2) is 52.5 Å². The first-order valence-corrected chi connectivity index (χ1v) is 11.1. The van der Waals surface area contributed by atoms with Gasteiger partial charge in [0.25, 0.3) is 11.8 Å². The number of carbonyl (C=O) groups excluding carboxylic acids is 3. The Kier molecular flexibility index (Phi) is 7.67. The second-order valence-electron chi connectivity index (χ2n) is 7.94. The first-order chi connectivity index (χ1) is 14.8. The van der Waals surface area contributed by atoms with Crippen LogP contribution in [0.15, 0.2) is 24.3 Å². The molecule has 1 aliphatic heterocycles. The zero-order valence-electron chi connectivity index (χ0n) is 17.6. The Morgan fingerprint density at radius 2 is 1.90 bits per heavy atom. The van der Waals surface area contributed by atoms with Crippen molar-refractivity contribution >= 4 is 34.7 Å². The summed E-state index contributed by atoms with van der Waals surface area (Å²) in [6, 6.07) is 5.33. The number of amides is 3. The molecule has 1 aliphatic rings. The summed E-state index contributed by atoms with van der Waals surface area (Å²) >= 11 is 0.892. The molecule has 0 aliphatic carbocycles. The number of likely N-dealkylation sites (tertiary alicyclic amines) is 1. The molecular weight excluding hydrogens is 421 g/mol. The van der Waals surface area contributed by atoms with E-state index in [1.165, 1.54) is 24.3 Å². The summed E-state index contributed by atoms with van der Waals surface area (Å²) in [6.07, 6.45) is 2.37. The van der Waals surface area contributed by atoms with E-state index in [4.69, 9.17) is 0 Å². The van der Waals surface area contributed by atoms with E-state index in [0.717, 1.165) is 30.6 Å². The molecule has 0 radical (unpaired) electrons. The molecule has 31 heavy (non-hydrogen) atoms. The third-order valence-corrected chi connectivity index (χ3v) is 5.91. The molecule has 0 bridgehead atoms. The van der Waals surface area contributed by atoms with Crippen LogP contribution in [0.3, 0.4) is 0 Å². The smallest absolute Gasteiger partial charge is 0.286 e. The number of benzene rings is 1. The van der Waals surface area contributed by atoms with Crippen molar-refractivity contribution in [2.45, 2.75) is 33.1 Å². The number of piperidine rings is 1. The van der Waals surface area contributed by atoms with E-state index in [1.807, 2.05) is 0 Å². The highest BCUT2D eigenvalue weighted by molar-refractivity contribution is 7.15. The van der Waals surface area contributed by atoms with Crippen LogP contribution in [0.1, 0.15) is 52.7 Å². The lowest BCUT2D eigenvalue weighted by Gasteiger charge is -2.31. The summed E-state index contributed by atoms with van der Waals surface area (Å²) in [5.74, 6) is -1.04. The van der Waals surface area contributed by atoms with E-state index in [2.05, 4.69) is 34.7 Å². The summed E-state index contributed by atoms with van der Waals surface area (Å²) < 4.78 is 13.0. The minimum absolute atomic E-state index is 0.0326. The largest absolute Gasteiger partial charge is 0.356 e. The van der Waals surface area contributed by atoms with E-state index < -0.39 is 11.7 Å². The summed E-state index contributed by atoms with van der Waals surface area (Å²) in [5.41, 5.74) is 0.414. The van der Waals surface area contributed by atoms with Gasteiger partial charge in [0.1, 0.15) is 5.82 Å². The molecule has 1 atom stereocenters. The van der Waals surface area contributed by atoms with E-state index in [1.54, 1.807) is 4.90 Å². The number of rotatable bonds is 7. The van der Waals surface area contributed by atoms with Gasteiger partial charge in [0.05, 0.1) is 5.92 Å². The first-order valence-electron chi connectivity index (χ1n) is 10.3. The van der Waals surface area contributed by atoms with Crippen LogP contribution >= 0.6 is 11.3 Å². The van der Waals surface area contributed by atoms with E-state index >= 15 is 0 Å². The molecular formula is C21H26FN5O3S. The zero-order chi connectivity index (χ0) is 22.4. The van der Waals surface area contributed by atoms with Crippen LogP contribution < -0.4 is 10.6 Å². The van der Waals surface area contributed by atoms with Crippen molar-refractivity contribution in [2.24, 2.45) is 11.8 Å². The predicted octanol–water partition coefficient (Wildman–Crippen LogP) is 2.94. The van der Waals surface area contributed by atoms with Crippen molar-refractivity contribution in [3.8, 4) is 0 Å². The van der Waals surface area contributed by atoms with Crippen molar-refractivity contribution in [3.05, 3.63) is 40.1 Å². The Morgan fingerprint density at radius 3 is 2.61 bits per heavy atom. The maximum atomic E-state index is 13.0. The average molecular weight is 448 g/mol. The standard InChI is InChI=1S/C21H26FN5O3S/c1-13(2)9-10-23-17(28)14-4-3-11-27(12-14)21(30)20-26-25-19(31-20)18(29)24-16-7-5-15(22)6-8-16/h5-8,13-14H,3-4,9-12H2,1-2H3,(H,23,28)(H,24,29). The monoisotopic (exact) mass is 447 g/mol. The number of halogens is 1. The minimum Gasteiger partial charge on any atom is -0.356 e. The fraction of sp³-hybridized carbons (Fsp3) is 0.476. The molecule has 1 saturated heterocycles. The normalized spacial score (nSPS) is 16.3. The van der Waals surface area contributed by atoms with Gasteiger partial charge in [0.15, 0.2) is 0 Å². The maximum absolute atomic E-state index is 13.0. The molecule has 1 unspecified atom stereocenters. The van der Waals surface area contributed by atoms with Crippen LogP contribution in [0.5, 0.6) is 0 Å². The molecule has 166 valence electrons. The van der Waals surface area contributed by atoms with Crippen molar-refractivity contribution in [3.63, 3.8) is 0 Å². The lowest BCUT2D eigenvalue weighted by atomic mass is 9.97. The highest BCUT2D eigenvalue weighted by Crippen LogP contribution is 2.21. The highest BCUT2D eigenvalue weighted by atomic mass is 32.1. The van der Waals surface area contributed by atoms with Gasteiger partial charge in [-0.3, -0.25) is 14.4 Å². The van der Waals surface area contributed by atoms with Crippen molar-refractivity contribution in [2.75, 3.05) is 25.0 Å². The molecule has 2 heterocycles. The minimum atomic E-state index is -0.524. The van der Waals surface area contributed by atoms with Crippen LogP contribution in [0.2, 0.25) is 0 Å². The topological polar surface area (TPSA) is 104 Å². The number of anilines is 1. The van der Waals surface area contributed by atoms with E-state index in [0.29, 0.717) is 31.2 Å². The Hall–Kier alpha value is -2.88. The number of carbonyl (C=O) groups is 3. The van der Waals surface area contributed by atoms with Gasteiger partial charge in [-0.25, -0.2) is 4.39 Å². The van der Waals surface area contributed by atoms with Crippen LogP contribution in [0.4, 0.5) is 10.1 Å². The molecule has 10 heteroatoms. The third kappa shape index (κ3) is 6.30. The molecule has 2 N–H and O–H groups in total. The van der Waals surface area contributed by atoms with Crippen LogP contribution in [0.25, 0.3) is 0 Å². The number of aromatic nitrogens is 2. The van der Waals surface area contributed by atoms with Gasteiger partial charge in [0, 0.05) is 25.3 Å². The van der Waals surface area contributed by atoms with Gasteiger partial charge in [-0.2, -0.15) is 0 Å². The maximum Gasteiger partial charge on any atom is 0.286 e. The Labute approximate surface area is 184 Å². The van der Waals surface area contributed by atoms with Crippen LogP contribution in [0, 0.1) is 17.7 Å². The lowest BCUT2D eigenvalue weighted by Crippen LogP contribution is -2.45. The van der Waals surface area contributed by atoms with E-state index in [9.17, 15) is 18.8 Å². The summed E-state index contributed by atoms with van der Waals surface area (Å²) in [4.78, 5) is 39.2. The van der Waals surface area contributed by atoms with Gasteiger partial charge in [-0.1, -0.05) is 25.2 Å². The second-order valence-corrected chi connectivity index (χ2v) is 8.91. The Morgan fingerprint density at radius 1 is 1.19 bits per heavy atom. The van der Waals surface area contributed by atoms with Gasteiger partial charge < -0.3 is 15.5 Å². The molecule has 2 aromatic rings. The fourth-order valence-corrected chi connectivity index (χ4v) is 3.97. The lowest BCUT2D eigenvalue weighted by molar-refractivity contribution is -0.126. The van der Waals surface area contributed by atoms with Crippen molar-refractivity contribution in [1.29, 1.82) is 0 Å². The quantitative estimate of drug-likeness (QED) is 0.679. The Balaban J connectivity index is 1.57. The third-order valence-electron chi connectivity index (χ3n) is 5.00. The highest BCUT2D eigenvalue weighted by Gasteiger charge is 2.30. The number of hydrogen-bond acceptors (Lipinski definition) is 6. The molecule has 0 spiro atoms. The SMILES string of the molecule is CC(C)CCNC(=O)C1CCCN(C(=O)c2nnc(C(=O)Nc3ccc(F)cc3)s2)C1. The number of hydrogen-bond donors (Lipinski definition) is 2. The zero-order valence-corrected chi connectivity index (χ0v) is 18.4. The predicted molar refractivity (Wildman–Crippen MR) is 115 cm³/mol. The average Bonchev–Trinajstić information content (AvgIpc) is 3.25. The molecule has 1 fully saturated rings. The van der Waals surface area contributed by atoms with Gasteiger partial charge in [-0.05, 0) is 49.4 Å². The molecule has 3 amide bonds. The molecule has 3 rings (SSSR count). The number of nitrogens with one attached hydrogen (secondary N) is 2. The fourth-order valence-electron chi connectivity index (χ4n) is 3.26. The van der Waals surface area contributed by atoms with Crippen LogP contribution in [-0.2, 0) is 4.79 Å². The molecule has 1 aromatic carbocycles. The molecule has 1 aromatic heterocycles. The summed E-state index contributed by atoms with van der Waals surface area (Å²) in [5, 5.41) is 13.4. The van der Waals surface area contributed by atoms with E-state index in [-0.39, 0.29) is 27.7 Å². The Bertz CT molecular complexity index is 931.